The van der Waals surface area contributed by atoms with Crippen molar-refractivity contribution >= 4 is 17.7 Å². The number of aromatic nitrogens is 3. The van der Waals surface area contributed by atoms with Gasteiger partial charge in [0, 0.05) is 31.4 Å². The fourth-order valence-corrected chi connectivity index (χ4v) is 3.68. The van der Waals surface area contributed by atoms with Crippen molar-refractivity contribution in [1.82, 2.24) is 19.7 Å². The molecule has 6 nitrogen and oxygen atoms in total. The van der Waals surface area contributed by atoms with Gasteiger partial charge in [0.2, 0.25) is 5.95 Å². The second-order valence-electron chi connectivity index (χ2n) is 6.26. The van der Waals surface area contributed by atoms with Gasteiger partial charge in [-0.3, -0.25) is 9.47 Å². The van der Waals surface area contributed by atoms with Gasteiger partial charge in [0.25, 0.3) is 0 Å². The van der Waals surface area contributed by atoms with Crippen LogP contribution in [0.2, 0.25) is 0 Å². The van der Waals surface area contributed by atoms with Crippen molar-refractivity contribution in [3.05, 3.63) is 0 Å². The van der Waals surface area contributed by atoms with Crippen LogP contribution in [-0.4, -0.2) is 57.8 Å². The Morgan fingerprint density at radius 2 is 2.10 bits per heavy atom. The zero-order chi connectivity index (χ0) is 15.4. The van der Waals surface area contributed by atoms with Crippen molar-refractivity contribution in [3.63, 3.8) is 0 Å². The average molecular weight is 313 g/mol. The van der Waals surface area contributed by atoms with Gasteiger partial charge in [0.15, 0.2) is 5.16 Å². The van der Waals surface area contributed by atoms with E-state index in [1.165, 1.54) is 0 Å². The Hall–Kier alpha value is -0.790. The van der Waals surface area contributed by atoms with Crippen LogP contribution in [0, 0.1) is 5.92 Å². The molecule has 1 unspecified atom stereocenters. The third kappa shape index (κ3) is 4.59. The minimum atomic E-state index is 0.251. The van der Waals surface area contributed by atoms with Gasteiger partial charge < -0.3 is 10.5 Å². The van der Waals surface area contributed by atoms with Crippen LogP contribution >= 0.6 is 11.8 Å². The molecule has 1 saturated heterocycles. The smallest absolute Gasteiger partial charge is 0.222 e. The SMILES string of the molecule is CC(C)CN1CCOC(CSc2nnc(N)n2C(C)C)C1. The summed E-state index contributed by atoms with van der Waals surface area (Å²) in [6.07, 6.45) is 0.251. The van der Waals surface area contributed by atoms with E-state index in [4.69, 9.17) is 10.5 Å². The third-order valence-electron chi connectivity index (χ3n) is 3.45. The molecule has 0 amide bonds. The molecule has 1 atom stereocenters. The maximum atomic E-state index is 5.87. The van der Waals surface area contributed by atoms with Gasteiger partial charge in [-0.25, -0.2) is 0 Å². The van der Waals surface area contributed by atoms with Crippen molar-refractivity contribution in [2.45, 2.75) is 45.0 Å². The largest absolute Gasteiger partial charge is 0.375 e. The van der Waals surface area contributed by atoms with E-state index in [2.05, 4.69) is 42.8 Å². The highest BCUT2D eigenvalue weighted by atomic mass is 32.2. The molecule has 2 heterocycles. The Bertz CT molecular complexity index is 449. The van der Waals surface area contributed by atoms with E-state index in [9.17, 15) is 0 Å². The van der Waals surface area contributed by atoms with Gasteiger partial charge >= 0.3 is 0 Å². The zero-order valence-corrected chi connectivity index (χ0v) is 14.3. The first-order chi connectivity index (χ1) is 9.97. The molecular formula is C14H27N5OS. The number of nitrogens with two attached hydrogens (primary N) is 1. The molecule has 0 bridgehead atoms. The van der Waals surface area contributed by atoms with E-state index < -0.39 is 0 Å². The Morgan fingerprint density at radius 1 is 1.33 bits per heavy atom. The van der Waals surface area contributed by atoms with Crippen molar-refractivity contribution in [2.75, 3.05) is 37.7 Å². The van der Waals surface area contributed by atoms with Gasteiger partial charge in [-0.15, -0.1) is 10.2 Å². The second kappa shape index (κ2) is 7.47. The van der Waals surface area contributed by atoms with E-state index in [0.717, 1.165) is 37.2 Å². The highest BCUT2D eigenvalue weighted by molar-refractivity contribution is 7.99. The van der Waals surface area contributed by atoms with E-state index in [-0.39, 0.29) is 12.1 Å². The lowest BCUT2D eigenvalue weighted by Gasteiger charge is -2.33. The highest BCUT2D eigenvalue weighted by Crippen LogP contribution is 2.24. The molecular weight excluding hydrogens is 286 g/mol. The first-order valence-corrected chi connectivity index (χ1v) is 8.63. The second-order valence-corrected chi connectivity index (χ2v) is 7.25. The molecule has 1 aliphatic heterocycles. The van der Waals surface area contributed by atoms with Gasteiger partial charge in [-0.05, 0) is 19.8 Å². The van der Waals surface area contributed by atoms with Crippen molar-refractivity contribution in [3.8, 4) is 0 Å². The molecule has 0 radical (unpaired) electrons. The van der Waals surface area contributed by atoms with Crippen LogP contribution in [-0.2, 0) is 4.74 Å². The molecule has 7 heteroatoms. The molecule has 2 rings (SSSR count). The van der Waals surface area contributed by atoms with Crippen LogP contribution in [0.1, 0.15) is 33.7 Å². The van der Waals surface area contributed by atoms with Crippen LogP contribution in [0.4, 0.5) is 5.95 Å². The number of morpholine rings is 1. The number of rotatable bonds is 6. The summed E-state index contributed by atoms with van der Waals surface area (Å²) in [5, 5.41) is 9.03. The summed E-state index contributed by atoms with van der Waals surface area (Å²) in [6.45, 7) is 12.7. The number of hydrogen-bond acceptors (Lipinski definition) is 6. The number of thioether (sulfide) groups is 1. The Labute approximate surface area is 131 Å². The topological polar surface area (TPSA) is 69.2 Å². The first kappa shape index (κ1) is 16.6. The molecule has 1 aromatic heterocycles. The van der Waals surface area contributed by atoms with Crippen LogP contribution in [0.3, 0.4) is 0 Å². The van der Waals surface area contributed by atoms with E-state index in [1.54, 1.807) is 11.8 Å². The number of ether oxygens (including phenoxy) is 1. The van der Waals surface area contributed by atoms with Crippen LogP contribution in [0.5, 0.6) is 0 Å². The molecule has 120 valence electrons. The Kier molecular flexibility index (Phi) is 5.89. The molecule has 2 N–H and O–H groups in total. The van der Waals surface area contributed by atoms with Crippen LogP contribution in [0.25, 0.3) is 0 Å². The van der Waals surface area contributed by atoms with Crippen LogP contribution in [0.15, 0.2) is 5.16 Å². The molecule has 21 heavy (non-hydrogen) atoms. The normalized spacial score (nSPS) is 20.6. The van der Waals surface area contributed by atoms with Gasteiger partial charge in [0.05, 0.1) is 12.7 Å². The van der Waals surface area contributed by atoms with E-state index in [1.807, 2.05) is 4.57 Å². The molecule has 0 aromatic carbocycles. The lowest BCUT2D eigenvalue weighted by molar-refractivity contribution is -0.0191. The third-order valence-corrected chi connectivity index (χ3v) is 4.53. The van der Waals surface area contributed by atoms with Crippen molar-refractivity contribution < 1.29 is 4.74 Å². The predicted octanol–water partition coefficient (Wildman–Crippen LogP) is 1.89. The minimum Gasteiger partial charge on any atom is -0.375 e. The fraction of sp³-hybridized carbons (Fsp3) is 0.857. The summed E-state index contributed by atoms with van der Waals surface area (Å²) < 4.78 is 7.84. The van der Waals surface area contributed by atoms with E-state index >= 15 is 0 Å². The summed E-state index contributed by atoms with van der Waals surface area (Å²) in [7, 11) is 0. The lowest BCUT2D eigenvalue weighted by atomic mass is 10.2. The summed E-state index contributed by atoms with van der Waals surface area (Å²) in [5.74, 6) is 2.07. The standard InChI is InChI=1S/C14H27N5OS/c1-10(2)7-18-5-6-20-12(8-18)9-21-14-17-16-13(15)19(14)11(3)4/h10-12H,5-9H2,1-4H3,(H2,15,16). The van der Waals surface area contributed by atoms with Gasteiger partial charge in [-0.2, -0.15) is 0 Å². The monoisotopic (exact) mass is 313 g/mol. The molecule has 1 fully saturated rings. The summed E-state index contributed by atoms with van der Waals surface area (Å²) in [4.78, 5) is 2.49. The fourth-order valence-electron chi connectivity index (χ4n) is 2.60. The Balaban J connectivity index is 1.88. The molecule has 0 spiro atoms. The maximum absolute atomic E-state index is 5.87. The summed E-state index contributed by atoms with van der Waals surface area (Å²) in [6, 6.07) is 0.271. The summed E-state index contributed by atoms with van der Waals surface area (Å²) in [5.41, 5.74) is 5.86. The molecule has 1 aromatic rings. The summed E-state index contributed by atoms with van der Waals surface area (Å²) >= 11 is 1.68. The average Bonchev–Trinajstić information content (AvgIpc) is 2.77. The van der Waals surface area contributed by atoms with Gasteiger partial charge in [0.1, 0.15) is 0 Å². The lowest BCUT2D eigenvalue weighted by Crippen LogP contribution is -2.44. The number of nitrogens with zero attached hydrogens (tertiary/aromatic N) is 4. The number of anilines is 1. The zero-order valence-electron chi connectivity index (χ0n) is 13.5. The predicted molar refractivity (Wildman–Crippen MR) is 86.6 cm³/mol. The van der Waals surface area contributed by atoms with Crippen molar-refractivity contribution in [2.24, 2.45) is 5.92 Å². The quantitative estimate of drug-likeness (QED) is 0.809. The molecule has 1 aliphatic rings. The first-order valence-electron chi connectivity index (χ1n) is 7.64. The number of hydrogen-bond donors (Lipinski definition) is 1. The molecule has 0 aliphatic carbocycles. The van der Waals surface area contributed by atoms with Gasteiger partial charge in [-0.1, -0.05) is 25.6 Å². The molecule has 0 saturated carbocycles. The van der Waals surface area contributed by atoms with E-state index in [0.29, 0.717) is 11.9 Å². The Morgan fingerprint density at radius 3 is 2.76 bits per heavy atom. The van der Waals surface area contributed by atoms with Crippen LogP contribution < -0.4 is 5.73 Å². The minimum absolute atomic E-state index is 0.251. The number of nitrogen functional groups attached to an aromatic ring is 1. The maximum Gasteiger partial charge on any atom is 0.222 e. The van der Waals surface area contributed by atoms with Crippen molar-refractivity contribution in [1.29, 1.82) is 0 Å². The highest BCUT2D eigenvalue weighted by Gasteiger charge is 2.22.